The van der Waals surface area contributed by atoms with E-state index in [1.807, 2.05) is 0 Å². The Hall–Kier alpha value is -1.48. The first-order valence-electron chi connectivity index (χ1n) is 5.47. The van der Waals surface area contributed by atoms with Crippen LogP contribution in [0.4, 0.5) is 0 Å². The molecule has 0 aromatic carbocycles. The van der Waals surface area contributed by atoms with Crippen LogP contribution in [0.25, 0.3) is 0 Å². The summed E-state index contributed by atoms with van der Waals surface area (Å²) in [5, 5.41) is 19.2. The number of nitrogens with zero attached hydrogens (tertiary/aromatic N) is 1. The zero-order chi connectivity index (χ0) is 12.9. The second-order valence-electron chi connectivity index (χ2n) is 4.47. The van der Waals surface area contributed by atoms with Gasteiger partial charge in [-0.3, -0.25) is 14.3 Å². The fraction of sp³-hybridized carbons (Fsp3) is 0.600. The van der Waals surface area contributed by atoms with Crippen LogP contribution in [-0.4, -0.2) is 50.8 Å². The van der Waals surface area contributed by atoms with E-state index in [4.69, 9.17) is 9.47 Å². The maximum Gasteiger partial charge on any atom is 0.330 e. The Bertz CT molecular complexity index is 580. The van der Waals surface area contributed by atoms with Crippen molar-refractivity contribution in [3.63, 3.8) is 0 Å². The normalized spacial score (nSPS) is 38.2. The minimum Gasteiger partial charge on any atom is -0.393 e. The van der Waals surface area contributed by atoms with Crippen molar-refractivity contribution in [3.05, 3.63) is 33.1 Å². The van der Waals surface area contributed by atoms with Crippen molar-refractivity contribution in [2.45, 2.75) is 24.0 Å². The fourth-order valence-electron chi connectivity index (χ4n) is 2.38. The van der Waals surface area contributed by atoms with Crippen molar-refractivity contribution in [1.29, 1.82) is 0 Å². The minimum absolute atomic E-state index is 0.0734. The second-order valence-corrected chi connectivity index (χ2v) is 4.47. The van der Waals surface area contributed by atoms with Crippen LogP contribution in [0.5, 0.6) is 0 Å². The highest BCUT2D eigenvalue weighted by Crippen LogP contribution is 2.43. The lowest BCUT2D eigenvalue weighted by atomic mass is 10.0. The third-order valence-corrected chi connectivity index (χ3v) is 3.40. The van der Waals surface area contributed by atoms with E-state index < -0.39 is 41.9 Å². The molecule has 1 aromatic rings. The maximum atomic E-state index is 11.6. The van der Waals surface area contributed by atoms with Gasteiger partial charge >= 0.3 is 5.69 Å². The van der Waals surface area contributed by atoms with Gasteiger partial charge in [0, 0.05) is 12.3 Å². The highest BCUT2D eigenvalue weighted by Gasteiger charge is 2.61. The van der Waals surface area contributed by atoms with Gasteiger partial charge in [0.2, 0.25) is 0 Å². The standard InChI is InChI=1S/C10H12N2O6/c13-3-10-4-17-6(7(10)15)8(18-10)12-2-1-5(14)11-9(12)16/h1-2,6-8,13,15H,3-4H2,(H,11,14,16)/t6?,7-,8-,10+/m1/s1. The fourth-order valence-corrected chi connectivity index (χ4v) is 2.38. The SMILES string of the molecule is O=c1ccn([C@@H]2O[C@@]3(CO)COC2[C@H]3O)c(=O)[nH]1. The number of ether oxygens (including phenoxy) is 2. The number of aliphatic hydroxyl groups excluding tert-OH is 2. The Kier molecular flexibility index (Phi) is 2.42. The van der Waals surface area contributed by atoms with Crippen molar-refractivity contribution in [2.24, 2.45) is 0 Å². The number of aromatic amines is 1. The molecule has 1 aromatic heterocycles. The van der Waals surface area contributed by atoms with Crippen LogP contribution >= 0.6 is 0 Å². The number of nitrogens with one attached hydrogen (secondary N) is 1. The van der Waals surface area contributed by atoms with Gasteiger partial charge in [-0.15, -0.1) is 0 Å². The summed E-state index contributed by atoms with van der Waals surface area (Å²) in [6.45, 7) is -0.330. The Labute approximate surface area is 100 Å². The molecular weight excluding hydrogens is 244 g/mol. The smallest absolute Gasteiger partial charge is 0.330 e. The molecule has 8 nitrogen and oxygen atoms in total. The van der Waals surface area contributed by atoms with Crippen molar-refractivity contribution >= 4 is 0 Å². The van der Waals surface area contributed by atoms with E-state index in [-0.39, 0.29) is 6.61 Å². The van der Waals surface area contributed by atoms with Crippen LogP contribution in [0.15, 0.2) is 21.9 Å². The lowest BCUT2D eigenvalue weighted by Gasteiger charge is -2.29. The van der Waals surface area contributed by atoms with E-state index in [1.165, 1.54) is 12.3 Å². The Morgan fingerprint density at radius 2 is 2.33 bits per heavy atom. The van der Waals surface area contributed by atoms with Gasteiger partial charge in [0.15, 0.2) is 6.23 Å². The second kappa shape index (κ2) is 3.75. The van der Waals surface area contributed by atoms with E-state index in [2.05, 4.69) is 4.98 Å². The van der Waals surface area contributed by atoms with Crippen LogP contribution in [0.1, 0.15) is 6.23 Å². The number of aromatic nitrogens is 2. The quantitative estimate of drug-likeness (QED) is 0.541. The molecule has 8 heteroatoms. The van der Waals surface area contributed by atoms with Crippen LogP contribution in [-0.2, 0) is 9.47 Å². The lowest BCUT2D eigenvalue weighted by Crippen LogP contribution is -2.44. The van der Waals surface area contributed by atoms with Gasteiger partial charge < -0.3 is 19.7 Å². The molecule has 3 N–H and O–H groups in total. The molecule has 1 unspecified atom stereocenters. The molecule has 2 fully saturated rings. The monoisotopic (exact) mass is 256 g/mol. The summed E-state index contributed by atoms with van der Waals surface area (Å²) in [5.41, 5.74) is -2.35. The molecule has 2 saturated heterocycles. The molecule has 0 spiro atoms. The van der Waals surface area contributed by atoms with Gasteiger partial charge in [0.1, 0.15) is 17.8 Å². The van der Waals surface area contributed by atoms with Gasteiger partial charge in [-0.25, -0.2) is 4.79 Å². The van der Waals surface area contributed by atoms with Crippen LogP contribution in [0, 0.1) is 0 Å². The molecule has 98 valence electrons. The summed E-state index contributed by atoms with van der Waals surface area (Å²) in [5.74, 6) is 0. The third kappa shape index (κ3) is 1.40. The van der Waals surface area contributed by atoms with E-state index in [0.29, 0.717) is 0 Å². The molecule has 2 aliphatic heterocycles. The van der Waals surface area contributed by atoms with Gasteiger partial charge in [-0.2, -0.15) is 0 Å². The number of hydrogen-bond donors (Lipinski definition) is 3. The number of aliphatic hydroxyl groups is 2. The highest BCUT2D eigenvalue weighted by molar-refractivity contribution is 5.07. The Morgan fingerprint density at radius 1 is 1.56 bits per heavy atom. The van der Waals surface area contributed by atoms with Gasteiger partial charge in [0.05, 0.1) is 13.2 Å². The highest BCUT2D eigenvalue weighted by atomic mass is 16.7. The summed E-state index contributed by atoms with van der Waals surface area (Å²) in [6.07, 6.45) is -1.33. The largest absolute Gasteiger partial charge is 0.393 e. The van der Waals surface area contributed by atoms with E-state index >= 15 is 0 Å². The third-order valence-electron chi connectivity index (χ3n) is 3.40. The van der Waals surface area contributed by atoms with Gasteiger partial charge in [0.25, 0.3) is 5.56 Å². The summed E-state index contributed by atoms with van der Waals surface area (Å²) >= 11 is 0. The lowest BCUT2D eigenvalue weighted by molar-refractivity contribution is -0.187. The topological polar surface area (TPSA) is 114 Å². The first kappa shape index (κ1) is 11.6. The minimum atomic E-state index is -1.19. The molecule has 0 aliphatic carbocycles. The van der Waals surface area contributed by atoms with Crippen molar-refractivity contribution in [2.75, 3.05) is 13.2 Å². The number of fused-ring (bicyclic) bond motifs is 2. The summed E-state index contributed by atoms with van der Waals surface area (Å²) in [6, 6.07) is 1.18. The number of rotatable bonds is 2. The summed E-state index contributed by atoms with van der Waals surface area (Å²) < 4.78 is 12.0. The average molecular weight is 256 g/mol. The summed E-state index contributed by atoms with van der Waals surface area (Å²) in [4.78, 5) is 24.7. The molecule has 0 saturated carbocycles. The average Bonchev–Trinajstić information content (AvgIpc) is 2.81. The van der Waals surface area contributed by atoms with Crippen molar-refractivity contribution in [1.82, 2.24) is 9.55 Å². The van der Waals surface area contributed by atoms with E-state index in [1.54, 1.807) is 0 Å². The van der Waals surface area contributed by atoms with E-state index in [0.717, 1.165) is 4.57 Å². The van der Waals surface area contributed by atoms with Gasteiger partial charge in [-0.1, -0.05) is 0 Å². The molecule has 18 heavy (non-hydrogen) atoms. The Balaban J connectivity index is 2.01. The van der Waals surface area contributed by atoms with Crippen molar-refractivity contribution in [3.8, 4) is 0 Å². The molecule has 2 aliphatic rings. The first-order chi connectivity index (χ1) is 8.57. The van der Waals surface area contributed by atoms with Crippen LogP contribution in [0.3, 0.4) is 0 Å². The zero-order valence-corrected chi connectivity index (χ0v) is 9.28. The number of H-pyrrole nitrogens is 1. The van der Waals surface area contributed by atoms with Crippen molar-refractivity contribution < 1.29 is 19.7 Å². The molecular formula is C10H12N2O6. The number of hydrogen-bond acceptors (Lipinski definition) is 6. The maximum absolute atomic E-state index is 11.6. The predicted molar refractivity (Wildman–Crippen MR) is 57.0 cm³/mol. The zero-order valence-electron chi connectivity index (χ0n) is 9.28. The van der Waals surface area contributed by atoms with Crippen LogP contribution in [0.2, 0.25) is 0 Å². The molecule has 0 radical (unpaired) electrons. The first-order valence-corrected chi connectivity index (χ1v) is 5.47. The predicted octanol–water partition coefficient (Wildman–Crippen LogP) is -2.44. The molecule has 2 bridgehead atoms. The van der Waals surface area contributed by atoms with Crippen LogP contribution < -0.4 is 11.2 Å². The molecule has 0 amide bonds. The van der Waals surface area contributed by atoms with Gasteiger partial charge in [-0.05, 0) is 0 Å². The van der Waals surface area contributed by atoms with E-state index in [9.17, 15) is 19.8 Å². The molecule has 4 atom stereocenters. The molecule has 3 heterocycles. The summed E-state index contributed by atoms with van der Waals surface area (Å²) in [7, 11) is 0. The Morgan fingerprint density at radius 3 is 2.94 bits per heavy atom. The molecule has 3 rings (SSSR count).